The number of nitrogens with one attached hydrogen (secondary N) is 2. The lowest BCUT2D eigenvalue weighted by molar-refractivity contribution is -0.124. The monoisotopic (exact) mass is 361 g/mol. The van der Waals surface area contributed by atoms with E-state index < -0.39 is 10.3 Å². The maximum Gasteiger partial charge on any atom is 0.250 e. The van der Waals surface area contributed by atoms with Crippen molar-refractivity contribution in [3.63, 3.8) is 0 Å². The molecule has 0 radical (unpaired) electrons. The number of rotatable bonds is 5. The number of hydrogen-bond acceptors (Lipinski definition) is 6. The topological polar surface area (TPSA) is 83.4 Å². The molecule has 1 saturated heterocycles. The van der Waals surface area contributed by atoms with E-state index in [1.807, 2.05) is 25.1 Å². The molecule has 3 rings (SSSR count). The van der Waals surface area contributed by atoms with Crippen LogP contribution in [0, 0.1) is 16.7 Å². The molecule has 1 aromatic carbocycles. The van der Waals surface area contributed by atoms with E-state index in [9.17, 15) is 10.1 Å². The van der Waals surface area contributed by atoms with E-state index in [1.54, 1.807) is 0 Å². The predicted octanol–water partition coefficient (Wildman–Crippen LogP) is 2.52. The summed E-state index contributed by atoms with van der Waals surface area (Å²) in [5.74, 6) is 1.16. The first kappa shape index (κ1) is 17.9. The van der Waals surface area contributed by atoms with Gasteiger partial charge in [-0.2, -0.15) is 5.26 Å². The number of unbranched alkanes of at least 4 members (excludes halogenated alkanes) is 1. The van der Waals surface area contributed by atoms with E-state index in [4.69, 9.17) is 9.47 Å². The summed E-state index contributed by atoms with van der Waals surface area (Å²) in [5, 5.41) is 16.0. The number of fused-ring (bicyclic) bond motifs is 1. The van der Waals surface area contributed by atoms with Gasteiger partial charge in [-0.1, -0.05) is 19.4 Å². The molecule has 3 atom stereocenters. The van der Waals surface area contributed by atoms with Gasteiger partial charge in [-0.3, -0.25) is 10.1 Å². The van der Waals surface area contributed by atoms with Crippen molar-refractivity contribution in [1.29, 1.82) is 5.26 Å². The molecule has 3 unspecified atom stereocenters. The Labute approximate surface area is 153 Å². The number of amides is 1. The molecular weight excluding hydrogens is 338 g/mol. The summed E-state index contributed by atoms with van der Waals surface area (Å²) in [6.45, 7) is 4.73. The molecule has 2 N–H and O–H groups in total. The summed E-state index contributed by atoms with van der Waals surface area (Å²) in [6, 6.07) is 7.63. The molecule has 1 amide bonds. The molecular formula is C18H23N3O3S. The molecule has 6 nitrogen and oxygen atoms in total. The lowest BCUT2D eigenvalue weighted by atomic mass is 9.79. The number of thiol groups is 1. The summed E-state index contributed by atoms with van der Waals surface area (Å²) in [5.41, 5.74) is 0.114. The van der Waals surface area contributed by atoms with Crippen molar-refractivity contribution in [2.45, 2.75) is 44.0 Å². The number of ether oxygens (including phenoxy) is 2. The van der Waals surface area contributed by atoms with Gasteiger partial charge in [0.25, 0.3) is 5.91 Å². The smallest absolute Gasteiger partial charge is 0.250 e. The maximum absolute atomic E-state index is 12.6. The van der Waals surface area contributed by atoms with Crippen LogP contribution < -0.4 is 20.1 Å². The van der Waals surface area contributed by atoms with Crippen LogP contribution in [0.25, 0.3) is 0 Å². The first-order valence-corrected chi connectivity index (χ1v) is 8.96. The van der Waals surface area contributed by atoms with Crippen LogP contribution in [0.5, 0.6) is 11.5 Å². The van der Waals surface area contributed by atoms with Crippen molar-refractivity contribution in [2.24, 2.45) is 5.41 Å². The van der Waals surface area contributed by atoms with Gasteiger partial charge in [0.2, 0.25) is 6.79 Å². The van der Waals surface area contributed by atoms with Crippen molar-refractivity contribution in [2.75, 3.05) is 13.3 Å². The Kier molecular flexibility index (Phi) is 4.85. The largest absolute Gasteiger partial charge is 0.454 e. The third kappa shape index (κ3) is 3.29. The highest BCUT2D eigenvalue weighted by atomic mass is 32.1. The van der Waals surface area contributed by atoms with Crippen molar-refractivity contribution >= 4 is 18.5 Å². The summed E-state index contributed by atoms with van der Waals surface area (Å²) >= 11 is 4.61. The third-order valence-electron chi connectivity index (χ3n) is 4.82. The SMILES string of the molecule is CCCCNC(=O)C1(S)CC(C)(C#N)C(c2ccc3c(c2)OCO3)N1. The quantitative estimate of drug-likeness (QED) is 0.554. The highest BCUT2D eigenvalue weighted by molar-refractivity contribution is 7.82. The Morgan fingerprint density at radius 3 is 2.96 bits per heavy atom. The molecule has 0 bridgehead atoms. The minimum absolute atomic E-state index is 0.186. The van der Waals surface area contributed by atoms with Gasteiger partial charge in [-0.25, -0.2) is 0 Å². The molecule has 0 spiro atoms. The van der Waals surface area contributed by atoms with E-state index >= 15 is 0 Å². The molecule has 0 aromatic heterocycles. The molecule has 1 aromatic rings. The zero-order valence-corrected chi connectivity index (χ0v) is 15.4. The molecule has 0 aliphatic carbocycles. The van der Waals surface area contributed by atoms with Gasteiger partial charge < -0.3 is 14.8 Å². The molecule has 2 aliphatic rings. The summed E-state index contributed by atoms with van der Waals surface area (Å²) < 4.78 is 10.8. The first-order chi connectivity index (χ1) is 11.9. The minimum Gasteiger partial charge on any atom is -0.454 e. The van der Waals surface area contributed by atoms with Crippen LogP contribution in [0.1, 0.15) is 44.7 Å². The van der Waals surface area contributed by atoms with Gasteiger partial charge in [0.1, 0.15) is 4.87 Å². The fourth-order valence-electron chi connectivity index (χ4n) is 3.40. The first-order valence-electron chi connectivity index (χ1n) is 8.51. The highest BCUT2D eigenvalue weighted by Crippen LogP contribution is 2.50. The van der Waals surface area contributed by atoms with Gasteiger partial charge in [0, 0.05) is 13.0 Å². The van der Waals surface area contributed by atoms with E-state index in [0.717, 1.165) is 18.4 Å². The predicted molar refractivity (Wildman–Crippen MR) is 96.4 cm³/mol. The third-order valence-corrected chi connectivity index (χ3v) is 5.31. The molecule has 7 heteroatoms. The van der Waals surface area contributed by atoms with Crippen LogP contribution >= 0.6 is 12.6 Å². The highest BCUT2D eigenvalue weighted by Gasteiger charge is 2.55. The Hall–Kier alpha value is -1.91. The van der Waals surface area contributed by atoms with Crippen LogP contribution in [0.4, 0.5) is 0 Å². The zero-order chi connectivity index (χ0) is 18.1. The average Bonchev–Trinajstić information content (AvgIpc) is 3.17. The van der Waals surface area contributed by atoms with Gasteiger partial charge in [-0.05, 0) is 31.0 Å². The maximum atomic E-state index is 12.6. The van der Waals surface area contributed by atoms with Crippen LogP contribution in [0.3, 0.4) is 0 Å². The standard InChI is InChI=1S/C18H23N3O3S/c1-3-4-7-20-16(22)18(25)9-17(2,10-19)15(21-18)12-5-6-13-14(8-12)24-11-23-13/h5-6,8,15,21,25H,3-4,7,9,11H2,1-2H3,(H,20,22). The van der Waals surface area contributed by atoms with Crippen LogP contribution in [-0.2, 0) is 4.79 Å². The summed E-state index contributed by atoms with van der Waals surface area (Å²) in [4.78, 5) is 11.5. The molecule has 2 heterocycles. The molecule has 25 heavy (non-hydrogen) atoms. The van der Waals surface area contributed by atoms with Crippen molar-refractivity contribution in [1.82, 2.24) is 10.6 Å². The van der Waals surface area contributed by atoms with Crippen molar-refractivity contribution < 1.29 is 14.3 Å². The zero-order valence-electron chi connectivity index (χ0n) is 14.5. The summed E-state index contributed by atoms with van der Waals surface area (Å²) in [7, 11) is 0. The van der Waals surface area contributed by atoms with Gasteiger partial charge in [0.15, 0.2) is 11.5 Å². The summed E-state index contributed by atoms with van der Waals surface area (Å²) in [6.07, 6.45) is 2.23. The Morgan fingerprint density at radius 1 is 1.48 bits per heavy atom. The Bertz CT molecular complexity index is 720. The van der Waals surface area contributed by atoms with Gasteiger partial charge in [-0.15, -0.1) is 12.6 Å². The second-order valence-electron chi connectivity index (χ2n) is 6.87. The fraction of sp³-hybridized carbons (Fsp3) is 0.556. The fourth-order valence-corrected chi connectivity index (χ4v) is 3.94. The van der Waals surface area contributed by atoms with E-state index in [2.05, 4.69) is 36.3 Å². The van der Waals surface area contributed by atoms with Crippen LogP contribution in [0.15, 0.2) is 18.2 Å². The lowest BCUT2D eigenvalue weighted by Crippen LogP contribution is -2.49. The second kappa shape index (κ2) is 6.77. The van der Waals surface area contributed by atoms with E-state index in [1.165, 1.54) is 0 Å². The molecule has 0 saturated carbocycles. The Balaban J connectivity index is 1.84. The minimum atomic E-state index is -1.08. The van der Waals surface area contributed by atoms with Gasteiger partial charge >= 0.3 is 0 Å². The average molecular weight is 361 g/mol. The van der Waals surface area contributed by atoms with E-state index in [-0.39, 0.29) is 18.7 Å². The number of carbonyl (C=O) groups excluding carboxylic acids is 1. The normalized spacial score (nSPS) is 30.1. The van der Waals surface area contributed by atoms with Crippen LogP contribution in [0.2, 0.25) is 0 Å². The molecule has 134 valence electrons. The van der Waals surface area contributed by atoms with Crippen molar-refractivity contribution in [3.05, 3.63) is 23.8 Å². The van der Waals surface area contributed by atoms with Crippen LogP contribution in [-0.4, -0.2) is 24.1 Å². The number of nitriles is 1. The lowest BCUT2D eigenvalue weighted by Gasteiger charge is -2.24. The van der Waals surface area contributed by atoms with Crippen molar-refractivity contribution in [3.8, 4) is 17.6 Å². The number of hydrogen-bond donors (Lipinski definition) is 3. The molecule has 1 fully saturated rings. The number of nitrogens with zero attached hydrogens (tertiary/aromatic N) is 1. The Morgan fingerprint density at radius 2 is 2.24 bits per heavy atom. The number of benzene rings is 1. The second-order valence-corrected chi connectivity index (χ2v) is 7.63. The van der Waals surface area contributed by atoms with E-state index in [0.29, 0.717) is 24.5 Å². The molecule has 2 aliphatic heterocycles. The van der Waals surface area contributed by atoms with Gasteiger partial charge in [0.05, 0.1) is 17.5 Å². The number of carbonyl (C=O) groups is 1.